The maximum atomic E-state index is 13.5. The summed E-state index contributed by atoms with van der Waals surface area (Å²) in [6, 6.07) is 9.33. The Morgan fingerprint density at radius 3 is 2.69 bits per heavy atom. The summed E-state index contributed by atoms with van der Waals surface area (Å²) in [6.07, 6.45) is 5.25. The number of amides is 1. The fraction of sp³-hybridized carbons (Fsp3) is 0.522. The average molecular weight is 477 g/mol. The molecule has 2 aromatic rings. The van der Waals surface area contributed by atoms with Crippen molar-refractivity contribution in [3.05, 3.63) is 50.3 Å². The Balaban J connectivity index is 1.53. The van der Waals surface area contributed by atoms with Crippen molar-refractivity contribution in [3.63, 3.8) is 0 Å². The monoisotopic (exact) mass is 476 g/mol. The topological polar surface area (TPSA) is 55.6 Å². The van der Waals surface area contributed by atoms with Crippen LogP contribution in [-0.4, -0.2) is 29.5 Å². The summed E-state index contributed by atoms with van der Waals surface area (Å²) in [5.41, 5.74) is 9.40. The lowest BCUT2D eigenvalue weighted by atomic mass is 9.84. The van der Waals surface area contributed by atoms with E-state index in [4.69, 9.17) is 10.5 Å². The van der Waals surface area contributed by atoms with E-state index < -0.39 is 0 Å². The largest absolute Gasteiger partial charge is 0.483 e. The van der Waals surface area contributed by atoms with Crippen LogP contribution in [0.1, 0.15) is 71.3 Å². The molecule has 0 saturated carbocycles. The molecule has 2 N–H and O–H groups in total. The van der Waals surface area contributed by atoms with Gasteiger partial charge in [-0.05, 0) is 77.6 Å². The molecule has 0 radical (unpaired) electrons. The van der Waals surface area contributed by atoms with Gasteiger partial charge in [-0.3, -0.25) is 4.79 Å². The van der Waals surface area contributed by atoms with E-state index in [2.05, 4.69) is 52.0 Å². The molecule has 1 aromatic heterocycles. The van der Waals surface area contributed by atoms with Crippen molar-refractivity contribution in [2.75, 3.05) is 6.61 Å². The summed E-state index contributed by atoms with van der Waals surface area (Å²) < 4.78 is 6.77. The number of hydrogen-bond donors (Lipinski definition) is 1. The van der Waals surface area contributed by atoms with Crippen LogP contribution in [0.4, 0.5) is 0 Å². The molecular formula is C23H29BrN2O2S. The molecule has 1 amide bonds. The summed E-state index contributed by atoms with van der Waals surface area (Å²) in [6.45, 7) is 5.35. The van der Waals surface area contributed by atoms with Crippen LogP contribution in [0.2, 0.25) is 0 Å². The Morgan fingerprint density at radius 1 is 1.31 bits per heavy atom. The Morgan fingerprint density at radius 2 is 2.03 bits per heavy atom. The van der Waals surface area contributed by atoms with E-state index in [0.29, 0.717) is 31.2 Å². The van der Waals surface area contributed by atoms with Gasteiger partial charge in [0.1, 0.15) is 0 Å². The number of hydrogen-bond acceptors (Lipinski definition) is 4. The van der Waals surface area contributed by atoms with E-state index in [9.17, 15) is 4.79 Å². The second-order valence-corrected chi connectivity index (χ2v) is 10.00. The van der Waals surface area contributed by atoms with Gasteiger partial charge in [-0.25, -0.2) is 0 Å². The molecule has 29 heavy (non-hydrogen) atoms. The van der Waals surface area contributed by atoms with Gasteiger partial charge in [-0.1, -0.05) is 42.5 Å². The lowest BCUT2D eigenvalue weighted by Crippen LogP contribution is -2.46. The summed E-state index contributed by atoms with van der Waals surface area (Å²) in [5.74, 6) is 0.698. The third-order valence-corrected chi connectivity index (χ3v) is 8.71. The lowest BCUT2D eigenvalue weighted by Gasteiger charge is -2.39. The highest BCUT2D eigenvalue weighted by atomic mass is 79.9. The number of nitrogens with zero attached hydrogens (tertiary/aromatic N) is 1. The number of halogens is 1. The fourth-order valence-electron chi connectivity index (χ4n) is 4.83. The maximum Gasteiger partial charge on any atom is 0.264 e. The normalized spacial score (nSPS) is 23.4. The highest BCUT2D eigenvalue weighted by Gasteiger charge is 2.44. The minimum Gasteiger partial charge on any atom is -0.483 e. The van der Waals surface area contributed by atoms with E-state index in [1.54, 1.807) is 0 Å². The van der Waals surface area contributed by atoms with Gasteiger partial charge in [-0.15, -0.1) is 0 Å². The summed E-state index contributed by atoms with van der Waals surface area (Å²) in [7, 11) is 0. The van der Waals surface area contributed by atoms with E-state index >= 15 is 0 Å². The Kier molecular flexibility index (Phi) is 6.32. The zero-order valence-electron chi connectivity index (χ0n) is 17.1. The van der Waals surface area contributed by atoms with Crippen LogP contribution in [0.5, 0.6) is 5.06 Å². The molecule has 2 aliphatic rings. The Bertz CT molecular complexity index is 883. The standard InChI is InChI=1S/C23H29BrN2O2S/c1-3-9-28-23-20(24)14(2)21(29-23)22(27)26-18-7-8-19(26)12-17(11-18)16-6-4-5-15(10-16)13-25/h4-6,10,17-19H,3,7-9,11-13,25H2,1-2H3/t17?,18-,19+. The molecule has 156 valence electrons. The number of nitrogens with two attached hydrogens (primary N) is 1. The molecule has 4 nitrogen and oxygen atoms in total. The number of carbonyl (C=O) groups excluding carboxylic acids is 1. The van der Waals surface area contributed by atoms with Crippen molar-refractivity contribution in [1.82, 2.24) is 4.90 Å². The third kappa shape index (κ3) is 3.99. The fourth-order valence-corrected chi connectivity index (χ4v) is 6.54. The predicted octanol–water partition coefficient (Wildman–Crippen LogP) is 5.62. The number of fused-ring (bicyclic) bond motifs is 2. The van der Waals surface area contributed by atoms with Crippen LogP contribution in [-0.2, 0) is 6.54 Å². The number of carbonyl (C=O) groups is 1. The minimum atomic E-state index is 0.182. The van der Waals surface area contributed by atoms with Crippen LogP contribution in [0.3, 0.4) is 0 Å². The molecule has 2 saturated heterocycles. The van der Waals surface area contributed by atoms with Gasteiger partial charge in [0.05, 0.1) is 16.0 Å². The van der Waals surface area contributed by atoms with E-state index in [-0.39, 0.29) is 5.91 Å². The molecule has 1 aromatic carbocycles. The highest BCUT2D eigenvalue weighted by molar-refractivity contribution is 9.10. The van der Waals surface area contributed by atoms with Crippen LogP contribution < -0.4 is 10.5 Å². The van der Waals surface area contributed by atoms with Crippen LogP contribution in [0, 0.1) is 6.92 Å². The number of piperidine rings is 1. The van der Waals surface area contributed by atoms with Gasteiger partial charge >= 0.3 is 0 Å². The number of benzene rings is 1. The van der Waals surface area contributed by atoms with Gasteiger partial charge < -0.3 is 15.4 Å². The van der Waals surface area contributed by atoms with Crippen molar-refractivity contribution in [2.45, 2.75) is 70.5 Å². The zero-order valence-corrected chi connectivity index (χ0v) is 19.5. The predicted molar refractivity (Wildman–Crippen MR) is 122 cm³/mol. The van der Waals surface area contributed by atoms with Crippen molar-refractivity contribution < 1.29 is 9.53 Å². The van der Waals surface area contributed by atoms with Gasteiger partial charge in [0.25, 0.3) is 5.91 Å². The van der Waals surface area contributed by atoms with Gasteiger partial charge in [0.2, 0.25) is 0 Å². The van der Waals surface area contributed by atoms with Gasteiger partial charge in [0.15, 0.2) is 5.06 Å². The quantitative estimate of drug-likeness (QED) is 0.588. The second-order valence-electron chi connectivity index (χ2n) is 8.22. The van der Waals surface area contributed by atoms with Crippen molar-refractivity contribution in [2.24, 2.45) is 5.73 Å². The number of thiophene rings is 1. The molecule has 2 aliphatic heterocycles. The molecule has 2 bridgehead atoms. The molecule has 1 unspecified atom stereocenters. The van der Waals surface area contributed by atoms with Crippen LogP contribution >= 0.6 is 27.3 Å². The molecule has 2 fully saturated rings. The number of ether oxygens (including phenoxy) is 1. The Labute approximate surface area is 185 Å². The molecular weight excluding hydrogens is 448 g/mol. The van der Waals surface area contributed by atoms with Crippen LogP contribution in [0.15, 0.2) is 28.7 Å². The minimum absolute atomic E-state index is 0.182. The zero-order chi connectivity index (χ0) is 20.5. The number of rotatable bonds is 6. The molecule has 3 atom stereocenters. The Hall–Kier alpha value is -1.37. The summed E-state index contributed by atoms with van der Waals surface area (Å²) >= 11 is 5.12. The highest BCUT2D eigenvalue weighted by Crippen LogP contribution is 2.46. The molecule has 0 aliphatic carbocycles. The average Bonchev–Trinajstić information content (AvgIpc) is 3.18. The summed E-state index contributed by atoms with van der Waals surface area (Å²) in [4.78, 5) is 16.5. The first kappa shape index (κ1) is 20.9. The molecule has 0 spiro atoms. The second kappa shape index (κ2) is 8.78. The van der Waals surface area contributed by atoms with Crippen molar-refractivity contribution >= 4 is 33.2 Å². The first-order valence-corrected chi connectivity index (χ1v) is 12.2. The SMILES string of the molecule is CCCOc1sc(C(=O)N2[C@@H]3CC[C@H]2CC(c2cccc(CN)c2)C3)c(C)c1Br. The maximum absolute atomic E-state index is 13.5. The molecule has 3 heterocycles. The first-order valence-electron chi connectivity index (χ1n) is 10.6. The molecule has 6 heteroatoms. The van der Waals surface area contributed by atoms with E-state index in [1.165, 1.54) is 22.5 Å². The van der Waals surface area contributed by atoms with Crippen LogP contribution in [0.25, 0.3) is 0 Å². The van der Waals surface area contributed by atoms with Crippen molar-refractivity contribution in [1.29, 1.82) is 0 Å². The third-order valence-electron chi connectivity index (χ3n) is 6.30. The summed E-state index contributed by atoms with van der Waals surface area (Å²) in [5, 5.41) is 0.827. The first-order chi connectivity index (χ1) is 14.0. The molecule has 4 rings (SSSR count). The smallest absolute Gasteiger partial charge is 0.264 e. The lowest BCUT2D eigenvalue weighted by molar-refractivity contribution is 0.0576. The van der Waals surface area contributed by atoms with Gasteiger partial charge in [-0.2, -0.15) is 0 Å². The van der Waals surface area contributed by atoms with E-state index in [0.717, 1.165) is 52.1 Å². The van der Waals surface area contributed by atoms with Crippen molar-refractivity contribution in [3.8, 4) is 5.06 Å². The van der Waals surface area contributed by atoms with E-state index in [1.807, 2.05) is 6.92 Å². The van der Waals surface area contributed by atoms with Gasteiger partial charge in [0, 0.05) is 18.6 Å².